The van der Waals surface area contributed by atoms with Crippen LogP contribution in [0.5, 0.6) is 0 Å². The number of hydrogen-bond donors (Lipinski definition) is 0. The van der Waals surface area contributed by atoms with Gasteiger partial charge in [-0.3, -0.25) is 9.59 Å². The normalized spacial score (nSPS) is 20.4. The fraction of sp³-hybridized carbons (Fsp3) is 0.545. The molecule has 0 bridgehead atoms. The highest BCUT2D eigenvalue weighted by atomic mass is 32.1. The summed E-state index contributed by atoms with van der Waals surface area (Å²) in [5.41, 5.74) is 0.269. The van der Waals surface area contributed by atoms with E-state index >= 15 is 0 Å². The van der Waals surface area contributed by atoms with Gasteiger partial charge in [0.05, 0.1) is 18.1 Å². The third-order valence-corrected chi connectivity index (χ3v) is 7.21. The molecular weight excluding hydrogens is 388 g/mol. The van der Waals surface area contributed by atoms with Gasteiger partial charge >= 0.3 is 0 Å². The van der Waals surface area contributed by atoms with Crippen LogP contribution in [0.3, 0.4) is 0 Å². The first-order chi connectivity index (χ1) is 13.9. The Kier molecular flexibility index (Phi) is 5.64. The molecule has 0 saturated carbocycles. The number of hydrogen-bond acceptors (Lipinski definition) is 5. The lowest BCUT2D eigenvalue weighted by Crippen LogP contribution is -2.45. The van der Waals surface area contributed by atoms with E-state index in [1.165, 1.54) is 0 Å². The molecule has 1 unspecified atom stereocenters. The second-order valence-electron chi connectivity index (χ2n) is 8.20. The van der Waals surface area contributed by atoms with Gasteiger partial charge in [-0.15, -0.1) is 11.3 Å². The summed E-state index contributed by atoms with van der Waals surface area (Å²) in [4.78, 5) is 30.8. The number of methoxy groups -OCH3 is 1. The molecule has 6 nitrogen and oxygen atoms in total. The van der Waals surface area contributed by atoms with Gasteiger partial charge in [-0.05, 0) is 37.3 Å². The molecule has 2 amide bonds. The van der Waals surface area contributed by atoms with Gasteiger partial charge in [0.25, 0.3) is 11.8 Å². The van der Waals surface area contributed by atoms with E-state index in [1.807, 2.05) is 21.9 Å². The molecule has 0 radical (unpaired) electrons. The molecule has 29 heavy (non-hydrogen) atoms. The molecule has 2 aromatic rings. The molecule has 7 heteroatoms. The van der Waals surface area contributed by atoms with E-state index < -0.39 is 5.60 Å². The van der Waals surface area contributed by atoms with E-state index in [1.54, 1.807) is 32.3 Å². The fourth-order valence-electron chi connectivity index (χ4n) is 4.19. The Morgan fingerprint density at radius 3 is 2.59 bits per heavy atom. The minimum Gasteiger partial charge on any atom is -0.378 e. The van der Waals surface area contributed by atoms with Crippen molar-refractivity contribution in [1.82, 2.24) is 9.80 Å². The molecule has 2 saturated heterocycles. The molecule has 156 valence electrons. The molecule has 2 fully saturated rings. The van der Waals surface area contributed by atoms with Gasteiger partial charge in [0.1, 0.15) is 5.60 Å². The summed E-state index contributed by atoms with van der Waals surface area (Å²) >= 11 is 1.57. The third-order valence-electron chi connectivity index (χ3n) is 6.04. The topological polar surface area (TPSA) is 59.1 Å². The summed E-state index contributed by atoms with van der Waals surface area (Å²) in [6.45, 7) is 7.34. The van der Waals surface area contributed by atoms with Gasteiger partial charge in [0.2, 0.25) is 0 Å². The molecule has 2 aliphatic rings. The van der Waals surface area contributed by atoms with Crippen molar-refractivity contribution in [2.75, 3.05) is 46.5 Å². The van der Waals surface area contributed by atoms with Crippen LogP contribution in [0.25, 0.3) is 10.1 Å². The monoisotopic (exact) mass is 416 g/mol. The highest BCUT2D eigenvalue weighted by Crippen LogP contribution is 2.41. The minimum atomic E-state index is -0.835. The van der Waals surface area contributed by atoms with Gasteiger partial charge in [0, 0.05) is 43.9 Å². The van der Waals surface area contributed by atoms with Gasteiger partial charge in [-0.2, -0.15) is 0 Å². The predicted molar refractivity (Wildman–Crippen MR) is 114 cm³/mol. The van der Waals surface area contributed by atoms with Gasteiger partial charge in [0.15, 0.2) is 0 Å². The lowest BCUT2D eigenvalue weighted by Gasteiger charge is -2.28. The first-order valence-corrected chi connectivity index (χ1v) is 11.0. The number of likely N-dealkylation sites (tertiary alicyclic amines) is 1. The molecule has 1 aromatic heterocycles. The molecule has 4 rings (SSSR count). The number of benzene rings is 1. The Morgan fingerprint density at radius 1 is 1.14 bits per heavy atom. The van der Waals surface area contributed by atoms with E-state index in [0.29, 0.717) is 39.4 Å². The molecule has 1 aromatic carbocycles. The molecule has 2 aliphatic heterocycles. The molecular formula is C22H28N2O4S. The summed E-state index contributed by atoms with van der Waals surface area (Å²) < 4.78 is 11.9. The van der Waals surface area contributed by atoms with Crippen molar-refractivity contribution in [3.8, 4) is 0 Å². The third kappa shape index (κ3) is 3.79. The number of ether oxygens (including phenoxy) is 2. The van der Waals surface area contributed by atoms with Crippen LogP contribution in [0, 0.1) is 0 Å². The maximum Gasteiger partial charge on any atom is 0.264 e. The quantitative estimate of drug-likeness (QED) is 0.768. The lowest BCUT2D eigenvalue weighted by atomic mass is 9.94. The van der Waals surface area contributed by atoms with E-state index in [-0.39, 0.29) is 17.7 Å². The summed E-state index contributed by atoms with van der Waals surface area (Å²) in [7, 11) is 1.57. The van der Waals surface area contributed by atoms with Crippen LogP contribution in [0.4, 0.5) is 0 Å². The predicted octanol–water partition coefficient (Wildman–Crippen LogP) is 3.11. The van der Waals surface area contributed by atoms with Gasteiger partial charge < -0.3 is 19.3 Å². The van der Waals surface area contributed by atoms with Crippen molar-refractivity contribution in [2.45, 2.75) is 31.8 Å². The Bertz CT molecular complexity index is 917. The highest BCUT2D eigenvalue weighted by molar-refractivity contribution is 7.21. The van der Waals surface area contributed by atoms with Crippen LogP contribution in [0.2, 0.25) is 0 Å². The van der Waals surface area contributed by atoms with Crippen molar-refractivity contribution >= 4 is 33.2 Å². The fourth-order valence-corrected chi connectivity index (χ4v) is 5.45. The Balaban J connectivity index is 1.66. The molecule has 1 atom stereocenters. The van der Waals surface area contributed by atoms with E-state index in [4.69, 9.17) is 9.47 Å². The van der Waals surface area contributed by atoms with Crippen LogP contribution in [0.15, 0.2) is 24.3 Å². The van der Waals surface area contributed by atoms with Crippen LogP contribution in [-0.2, 0) is 14.3 Å². The lowest BCUT2D eigenvalue weighted by molar-refractivity contribution is -0.149. The van der Waals surface area contributed by atoms with E-state index in [0.717, 1.165) is 26.9 Å². The number of rotatable bonds is 4. The molecule has 0 aliphatic carbocycles. The number of carbonyl (C=O) groups excluding carboxylic acids is 2. The average Bonchev–Trinajstić information content (AvgIpc) is 3.37. The first kappa shape index (κ1) is 20.3. The van der Waals surface area contributed by atoms with Gasteiger partial charge in [-0.25, -0.2) is 0 Å². The first-order valence-electron chi connectivity index (χ1n) is 10.2. The average molecular weight is 417 g/mol. The summed E-state index contributed by atoms with van der Waals surface area (Å²) in [6.07, 6.45) is 0.857. The summed E-state index contributed by atoms with van der Waals surface area (Å²) in [5, 5.41) is 1.14. The second-order valence-corrected chi connectivity index (χ2v) is 9.25. The summed E-state index contributed by atoms with van der Waals surface area (Å²) in [5.74, 6) is 0.248. The molecule has 3 heterocycles. The van der Waals surface area contributed by atoms with Crippen LogP contribution in [0.1, 0.15) is 41.4 Å². The zero-order valence-corrected chi connectivity index (χ0v) is 18.1. The van der Waals surface area contributed by atoms with E-state index in [2.05, 4.69) is 12.1 Å². The van der Waals surface area contributed by atoms with Crippen LogP contribution in [-0.4, -0.2) is 73.7 Å². The minimum absolute atomic E-state index is 0.00286. The Hall–Kier alpha value is -1.96. The smallest absolute Gasteiger partial charge is 0.264 e. The van der Waals surface area contributed by atoms with Crippen molar-refractivity contribution in [3.63, 3.8) is 0 Å². The largest absolute Gasteiger partial charge is 0.378 e. The number of fused-ring (bicyclic) bond motifs is 1. The molecule has 0 spiro atoms. The standard InChI is InChI=1S/C22H28N2O4S/c1-22(2,27-3)21(26)24-9-8-15(14-24)18-16-6-4-5-7-17(16)29-19(18)20(25)23-10-12-28-13-11-23/h4-7,15H,8-14H2,1-3H3. The van der Waals surface area contributed by atoms with Gasteiger partial charge in [-0.1, -0.05) is 18.2 Å². The highest BCUT2D eigenvalue weighted by Gasteiger charge is 2.38. The SMILES string of the molecule is COC(C)(C)C(=O)N1CCC(c2c(C(=O)N3CCOCC3)sc3ccccc23)C1. The number of carbonyl (C=O) groups is 2. The maximum absolute atomic E-state index is 13.3. The van der Waals surface area contributed by atoms with Crippen LogP contribution >= 0.6 is 11.3 Å². The van der Waals surface area contributed by atoms with Crippen molar-refractivity contribution in [3.05, 3.63) is 34.7 Å². The Labute approximate surface area is 175 Å². The number of morpholine rings is 1. The zero-order valence-electron chi connectivity index (χ0n) is 17.3. The second kappa shape index (κ2) is 8.05. The number of amides is 2. The summed E-state index contributed by atoms with van der Waals surface area (Å²) in [6, 6.07) is 8.21. The number of thiophene rings is 1. The van der Waals surface area contributed by atoms with Crippen molar-refractivity contribution in [1.29, 1.82) is 0 Å². The van der Waals surface area contributed by atoms with Crippen molar-refractivity contribution < 1.29 is 19.1 Å². The van der Waals surface area contributed by atoms with Crippen molar-refractivity contribution in [2.24, 2.45) is 0 Å². The van der Waals surface area contributed by atoms with Crippen LogP contribution < -0.4 is 0 Å². The molecule has 0 N–H and O–H groups in total. The zero-order chi connectivity index (χ0) is 20.6. The van der Waals surface area contributed by atoms with E-state index in [9.17, 15) is 9.59 Å². The Morgan fingerprint density at radius 2 is 1.86 bits per heavy atom. The number of nitrogens with zero attached hydrogens (tertiary/aromatic N) is 2. The maximum atomic E-state index is 13.3.